The lowest BCUT2D eigenvalue weighted by Crippen LogP contribution is -2.42. The first-order chi connectivity index (χ1) is 7.36. The number of likely N-dealkylation sites (N-methyl/N-ethyl adjacent to an activating group) is 1. The highest BCUT2D eigenvalue weighted by molar-refractivity contribution is 7.89. The number of sulfonamides is 1. The maximum atomic E-state index is 12.1. The summed E-state index contributed by atoms with van der Waals surface area (Å²) in [5.74, 6) is 0.143. The van der Waals surface area contributed by atoms with E-state index in [1.807, 2.05) is 25.9 Å². The van der Waals surface area contributed by atoms with Crippen molar-refractivity contribution in [2.24, 2.45) is 0 Å². The molecule has 0 saturated carbocycles. The SMILES string of the molecule is CCCN(CCN(C)C)S(=O)(=O)C(C)CCl. The van der Waals surface area contributed by atoms with E-state index in [1.54, 1.807) is 11.2 Å². The van der Waals surface area contributed by atoms with Gasteiger partial charge < -0.3 is 4.90 Å². The number of alkyl halides is 1. The molecule has 1 unspecified atom stereocenters. The van der Waals surface area contributed by atoms with Crippen LogP contribution in [0.3, 0.4) is 0 Å². The van der Waals surface area contributed by atoms with Crippen LogP contribution in [-0.4, -0.2) is 62.5 Å². The Balaban J connectivity index is 4.63. The molecule has 6 heteroatoms. The Hall–Kier alpha value is 0.160. The van der Waals surface area contributed by atoms with Crippen molar-refractivity contribution in [3.63, 3.8) is 0 Å². The van der Waals surface area contributed by atoms with Crippen LogP contribution in [-0.2, 0) is 10.0 Å². The second kappa shape index (κ2) is 7.48. The molecule has 1 atom stereocenters. The van der Waals surface area contributed by atoms with Crippen LogP contribution < -0.4 is 0 Å². The van der Waals surface area contributed by atoms with Crippen molar-refractivity contribution in [3.05, 3.63) is 0 Å². The molecule has 0 aliphatic rings. The maximum absolute atomic E-state index is 12.1. The fourth-order valence-corrected chi connectivity index (χ4v) is 3.18. The summed E-state index contributed by atoms with van der Waals surface area (Å²) >= 11 is 5.63. The Labute approximate surface area is 105 Å². The highest BCUT2D eigenvalue weighted by atomic mass is 35.5. The molecule has 0 rings (SSSR count). The minimum Gasteiger partial charge on any atom is -0.308 e. The van der Waals surface area contributed by atoms with Crippen molar-refractivity contribution in [1.29, 1.82) is 0 Å². The number of hydrogen-bond donors (Lipinski definition) is 0. The second-order valence-corrected chi connectivity index (χ2v) is 6.87. The molecule has 0 radical (unpaired) electrons. The van der Waals surface area contributed by atoms with Crippen LogP contribution in [0.2, 0.25) is 0 Å². The molecule has 4 nitrogen and oxygen atoms in total. The molecule has 0 aliphatic heterocycles. The fourth-order valence-electron chi connectivity index (χ4n) is 1.26. The highest BCUT2D eigenvalue weighted by Gasteiger charge is 2.27. The molecular formula is C10H23ClN2O2S. The van der Waals surface area contributed by atoms with Crippen molar-refractivity contribution >= 4 is 21.6 Å². The predicted molar refractivity (Wildman–Crippen MR) is 69.5 cm³/mol. The average molecular weight is 271 g/mol. The third kappa shape index (κ3) is 4.99. The van der Waals surface area contributed by atoms with Crippen molar-refractivity contribution < 1.29 is 8.42 Å². The maximum Gasteiger partial charge on any atom is 0.217 e. The van der Waals surface area contributed by atoms with E-state index in [2.05, 4.69) is 0 Å². The predicted octanol–water partition coefficient (Wildman–Crippen LogP) is 1.22. The molecule has 98 valence electrons. The van der Waals surface area contributed by atoms with Gasteiger partial charge in [0.2, 0.25) is 10.0 Å². The summed E-state index contributed by atoms with van der Waals surface area (Å²) in [5, 5.41) is -0.511. The highest BCUT2D eigenvalue weighted by Crippen LogP contribution is 2.11. The zero-order chi connectivity index (χ0) is 12.8. The first kappa shape index (κ1) is 16.2. The van der Waals surface area contributed by atoms with Crippen LogP contribution in [0.15, 0.2) is 0 Å². The molecular weight excluding hydrogens is 248 g/mol. The van der Waals surface area contributed by atoms with E-state index in [0.29, 0.717) is 13.1 Å². The lowest BCUT2D eigenvalue weighted by molar-refractivity contribution is 0.331. The van der Waals surface area contributed by atoms with E-state index in [0.717, 1.165) is 13.0 Å². The molecule has 16 heavy (non-hydrogen) atoms. The number of nitrogens with zero attached hydrogens (tertiary/aromatic N) is 2. The molecule has 0 spiro atoms. The van der Waals surface area contributed by atoms with Crippen molar-refractivity contribution in [2.45, 2.75) is 25.5 Å². The van der Waals surface area contributed by atoms with Gasteiger partial charge in [-0.2, -0.15) is 0 Å². The Kier molecular flexibility index (Phi) is 7.55. The van der Waals surface area contributed by atoms with Gasteiger partial charge in [-0.25, -0.2) is 12.7 Å². The minimum atomic E-state index is -3.23. The number of halogens is 1. The third-order valence-electron chi connectivity index (χ3n) is 2.36. The summed E-state index contributed by atoms with van der Waals surface area (Å²) in [6.45, 7) is 5.46. The largest absolute Gasteiger partial charge is 0.308 e. The van der Waals surface area contributed by atoms with Gasteiger partial charge >= 0.3 is 0 Å². The van der Waals surface area contributed by atoms with Gasteiger partial charge in [-0.05, 0) is 27.4 Å². The molecule has 0 bridgehead atoms. The van der Waals surface area contributed by atoms with E-state index in [4.69, 9.17) is 11.6 Å². The second-order valence-electron chi connectivity index (χ2n) is 4.21. The third-order valence-corrected chi connectivity index (χ3v) is 5.27. The standard InChI is InChI=1S/C10H23ClN2O2S/c1-5-6-13(8-7-12(3)4)16(14,15)10(2)9-11/h10H,5-9H2,1-4H3. The summed E-state index contributed by atoms with van der Waals surface area (Å²) in [7, 11) is 0.630. The normalized spacial score (nSPS) is 14.7. The quantitative estimate of drug-likeness (QED) is 0.623. The van der Waals surface area contributed by atoms with Gasteiger partial charge in [0.05, 0.1) is 5.25 Å². The molecule has 0 aliphatic carbocycles. The van der Waals surface area contributed by atoms with Crippen LogP contribution in [0.25, 0.3) is 0 Å². The van der Waals surface area contributed by atoms with Gasteiger partial charge in [-0.15, -0.1) is 11.6 Å². The topological polar surface area (TPSA) is 40.6 Å². The molecule has 0 aromatic carbocycles. The minimum absolute atomic E-state index is 0.143. The Morgan fingerprint density at radius 3 is 2.12 bits per heavy atom. The molecule has 0 aromatic rings. The first-order valence-corrected chi connectivity index (χ1v) is 7.59. The number of hydrogen-bond acceptors (Lipinski definition) is 3. The van der Waals surface area contributed by atoms with E-state index in [-0.39, 0.29) is 5.88 Å². The lowest BCUT2D eigenvalue weighted by Gasteiger charge is -2.25. The monoisotopic (exact) mass is 270 g/mol. The lowest BCUT2D eigenvalue weighted by atomic mass is 10.4. The van der Waals surface area contributed by atoms with Gasteiger partial charge in [0.15, 0.2) is 0 Å². The Morgan fingerprint density at radius 2 is 1.75 bits per heavy atom. The van der Waals surface area contributed by atoms with Crippen LogP contribution in [0.1, 0.15) is 20.3 Å². The van der Waals surface area contributed by atoms with E-state index < -0.39 is 15.3 Å². The summed E-state index contributed by atoms with van der Waals surface area (Å²) in [4.78, 5) is 1.98. The molecule has 0 aromatic heterocycles. The first-order valence-electron chi connectivity index (χ1n) is 5.55. The smallest absolute Gasteiger partial charge is 0.217 e. The summed E-state index contributed by atoms with van der Waals surface area (Å²) in [6.07, 6.45) is 0.821. The van der Waals surface area contributed by atoms with Gasteiger partial charge in [-0.1, -0.05) is 6.92 Å². The summed E-state index contributed by atoms with van der Waals surface area (Å²) < 4.78 is 25.7. The summed E-state index contributed by atoms with van der Waals surface area (Å²) in [5.41, 5.74) is 0. The van der Waals surface area contributed by atoms with Crippen LogP contribution in [0, 0.1) is 0 Å². The van der Waals surface area contributed by atoms with Gasteiger partial charge in [0, 0.05) is 25.5 Å². The van der Waals surface area contributed by atoms with Crippen LogP contribution >= 0.6 is 11.6 Å². The van der Waals surface area contributed by atoms with Gasteiger partial charge in [0.1, 0.15) is 0 Å². The fraction of sp³-hybridized carbons (Fsp3) is 1.00. The molecule has 0 fully saturated rings. The van der Waals surface area contributed by atoms with Crippen molar-refractivity contribution in [2.75, 3.05) is 39.6 Å². The van der Waals surface area contributed by atoms with Crippen LogP contribution in [0.5, 0.6) is 0 Å². The Bertz CT molecular complexity index is 281. The molecule has 0 saturated heterocycles. The molecule has 0 amide bonds. The van der Waals surface area contributed by atoms with Crippen molar-refractivity contribution in [3.8, 4) is 0 Å². The molecule has 0 N–H and O–H groups in total. The van der Waals surface area contributed by atoms with Crippen LogP contribution in [0.4, 0.5) is 0 Å². The zero-order valence-electron chi connectivity index (χ0n) is 10.6. The average Bonchev–Trinajstić information content (AvgIpc) is 2.22. The van der Waals surface area contributed by atoms with E-state index in [9.17, 15) is 8.42 Å². The number of rotatable bonds is 8. The Morgan fingerprint density at radius 1 is 1.19 bits per heavy atom. The van der Waals surface area contributed by atoms with E-state index >= 15 is 0 Å². The van der Waals surface area contributed by atoms with Gasteiger partial charge in [-0.3, -0.25) is 0 Å². The van der Waals surface area contributed by atoms with Crippen molar-refractivity contribution in [1.82, 2.24) is 9.21 Å². The van der Waals surface area contributed by atoms with Gasteiger partial charge in [0.25, 0.3) is 0 Å². The zero-order valence-corrected chi connectivity index (χ0v) is 12.2. The van der Waals surface area contributed by atoms with E-state index in [1.165, 1.54) is 0 Å². The summed E-state index contributed by atoms with van der Waals surface area (Å²) in [6, 6.07) is 0. The molecule has 0 heterocycles.